The highest BCUT2D eigenvalue weighted by atomic mass is 16.7. The van der Waals surface area contributed by atoms with Crippen molar-refractivity contribution in [1.29, 1.82) is 0 Å². The molecular formula is C20H26N2O3. The molecule has 0 heterocycles. The van der Waals surface area contributed by atoms with Gasteiger partial charge in [-0.2, -0.15) is 10.2 Å². The molecule has 0 amide bonds. The molecule has 0 aliphatic rings. The van der Waals surface area contributed by atoms with Gasteiger partial charge in [0.25, 0.3) is 0 Å². The lowest BCUT2D eigenvalue weighted by molar-refractivity contribution is -0.140. The van der Waals surface area contributed by atoms with Crippen molar-refractivity contribution < 1.29 is 14.2 Å². The molecule has 0 aliphatic carbocycles. The van der Waals surface area contributed by atoms with Gasteiger partial charge in [-0.1, -0.05) is 18.2 Å². The fourth-order valence-electron chi connectivity index (χ4n) is 2.25. The Morgan fingerprint density at radius 1 is 0.800 bits per heavy atom. The number of nitrogens with zero attached hydrogens (tertiary/aromatic N) is 2. The van der Waals surface area contributed by atoms with Crippen LogP contribution in [0, 0.1) is 0 Å². The monoisotopic (exact) mass is 342 g/mol. The van der Waals surface area contributed by atoms with Crippen LogP contribution in [-0.4, -0.2) is 26.1 Å². The minimum atomic E-state index is -0.139. The second kappa shape index (κ2) is 11.3. The second-order valence-electron chi connectivity index (χ2n) is 5.36. The van der Waals surface area contributed by atoms with E-state index in [9.17, 15) is 0 Å². The van der Waals surface area contributed by atoms with Crippen LogP contribution in [-0.2, 0) is 9.47 Å². The predicted molar refractivity (Wildman–Crippen MR) is 98.8 cm³/mol. The van der Waals surface area contributed by atoms with Crippen LogP contribution in [0.25, 0.3) is 0 Å². The number of hydrogen-bond acceptors (Lipinski definition) is 5. The molecule has 0 atom stereocenters. The summed E-state index contributed by atoms with van der Waals surface area (Å²) in [5.41, 5.74) is 1.63. The number of hydrogen-bond donors (Lipinski definition) is 0. The van der Waals surface area contributed by atoms with Crippen LogP contribution in [0.4, 0.5) is 11.4 Å². The van der Waals surface area contributed by atoms with Crippen molar-refractivity contribution in [2.24, 2.45) is 10.2 Å². The lowest BCUT2D eigenvalue weighted by atomic mass is 10.3. The van der Waals surface area contributed by atoms with Crippen molar-refractivity contribution in [3.8, 4) is 5.75 Å². The normalized spacial score (nSPS) is 11.3. The maximum Gasteiger partial charge on any atom is 0.157 e. The van der Waals surface area contributed by atoms with E-state index in [2.05, 4.69) is 10.2 Å². The fraction of sp³-hybridized carbons (Fsp3) is 0.400. The van der Waals surface area contributed by atoms with Crippen LogP contribution in [0.1, 0.15) is 26.7 Å². The standard InChI is InChI=1S/C20H26N2O3/c1-3-23-20(24-4-2)11-8-16-25-19-14-12-18(13-15-19)22-21-17-9-6-5-7-10-17/h5-7,9-10,12-15,20H,3-4,8,11,16H2,1-2H3. The van der Waals surface area contributed by atoms with Gasteiger partial charge >= 0.3 is 0 Å². The zero-order chi connectivity index (χ0) is 17.7. The lowest BCUT2D eigenvalue weighted by Gasteiger charge is -2.16. The van der Waals surface area contributed by atoms with E-state index >= 15 is 0 Å². The molecule has 0 aromatic heterocycles. The molecular weight excluding hydrogens is 316 g/mol. The highest BCUT2D eigenvalue weighted by Gasteiger charge is 2.07. The third kappa shape index (κ3) is 7.45. The molecule has 2 aromatic carbocycles. The van der Waals surface area contributed by atoms with Crippen molar-refractivity contribution in [2.45, 2.75) is 33.0 Å². The SMILES string of the molecule is CCOC(CCCOc1ccc(N=Nc2ccccc2)cc1)OCC. The molecule has 0 bridgehead atoms. The fourth-order valence-corrected chi connectivity index (χ4v) is 2.25. The summed E-state index contributed by atoms with van der Waals surface area (Å²) >= 11 is 0. The second-order valence-corrected chi connectivity index (χ2v) is 5.36. The molecule has 25 heavy (non-hydrogen) atoms. The van der Waals surface area contributed by atoms with Gasteiger partial charge in [-0.3, -0.25) is 0 Å². The van der Waals surface area contributed by atoms with E-state index in [-0.39, 0.29) is 6.29 Å². The minimum absolute atomic E-state index is 0.139. The Balaban J connectivity index is 1.74. The predicted octanol–water partition coefficient (Wildman–Crippen LogP) is 5.66. The van der Waals surface area contributed by atoms with Gasteiger partial charge in [-0.25, -0.2) is 0 Å². The molecule has 134 valence electrons. The number of ether oxygens (including phenoxy) is 3. The summed E-state index contributed by atoms with van der Waals surface area (Å²) in [4.78, 5) is 0. The largest absolute Gasteiger partial charge is 0.494 e. The summed E-state index contributed by atoms with van der Waals surface area (Å²) in [5, 5.41) is 8.41. The average Bonchev–Trinajstić information content (AvgIpc) is 2.65. The van der Waals surface area contributed by atoms with Gasteiger partial charge in [-0.15, -0.1) is 0 Å². The molecule has 0 radical (unpaired) electrons. The molecule has 0 fully saturated rings. The Morgan fingerprint density at radius 3 is 2.00 bits per heavy atom. The first-order valence-electron chi connectivity index (χ1n) is 8.74. The van der Waals surface area contributed by atoms with Crippen LogP contribution < -0.4 is 4.74 Å². The summed E-state index contributed by atoms with van der Waals surface area (Å²) in [6, 6.07) is 17.3. The molecule has 2 rings (SSSR count). The molecule has 0 saturated heterocycles. The number of benzene rings is 2. The first kappa shape index (κ1) is 19.1. The van der Waals surface area contributed by atoms with Crippen LogP contribution in [0.2, 0.25) is 0 Å². The smallest absolute Gasteiger partial charge is 0.157 e. The zero-order valence-electron chi connectivity index (χ0n) is 14.9. The molecule has 2 aromatic rings. The Kier molecular flexibility index (Phi) is 8.66. The number of rotatable bonds is 11. The van der Waals surface area contributed by atoms with E-state index in [0.29, 0.717) is 19.8 Å². The third-order valence-electron chi connectivity index (χ3n) is 3.43. The molecule has 0 saturated carbocycles. The minimum Gasteiger partial charge on any atom is -0.494 e. The molecule has 5 heteroatoms. The van der Waals surface area contributed by atoms with E-state index in [1.54, 1.807) is 0 Å². The summed E-state index contributed by atoms with van der Waals surface area (Å²) < 4.78 is 16.8. The topological polar surface area (TPSA) is 52.4 Å². The van der Waals surface area contributed by atoms with Crippen LogP contribution >= 0.6 is 0 Å². The van der Waals surface area contributed by atoms with Crippen LogP contribution in [0.15, 0.2) is 64.8 Å². The van der Waals surface area contributed by atoms with E-state index < -0.39 is 0 Å². The van der Waals surface area contributed by atoms with Crippen molar-refractivity contribution >= 4 is 11.4 Å². The molecule has 0 aliphatic heterocycles. The van der Waals surface area contributed by atoms with E-state index in [0.717, 1.165) is 30.0 Å². The van der Waals surface area contributed by atoms with Crippen molar-refractivity contribution in [3.63, 3.8) is 0 Å². The summed E-state index contributed by atoms with van der Waals surface area (Å²) in [5.74, 6) is 0.822. The van der Waals surface area contributed by atoms with E-state index in [1.807, 2.05) is 68.4 Å². The Labute approximate surface area is 149 Å². The van der Waals surface area contributed by atoms with Crippen molar-refractivity contribution in [2.75, 3.05) is 19.8 Å². The van der Waals surface area contributed by atoms with Gasteiger partial charge < -0.3 is 14.2 Å². The van der Waals surface area contributed by atoms with Crippen LogP contribution in [0.5, 0.6) is 5.75 Å². The Bertz CT molecular complexity index is 609. The van der Waals surface area contributed by atoms with Gasteiger partial charge in [0.15, 0.2) is 6.29 Å². The van der Waals surface area contributed by atoms with Crippen LogP contribution in [0.3, 0.4) is 0 Å². The van der Waals surface area contributed by atoms with E-state index in [1.165, 1.54) is 0 Å². The first-order chi connectivity index (χ1) is 12.3. The quantitative estimate of drug-likeness (QED) is 0.301. The Hall–Kier alpha value is -2.24. The zero-order valence-corrected chi connectivity index (χ0v) is 14.9. The maximum atomic E-state index is 5.75. The van der Waals surface area contributed by atoms with Gasteiger partial charge in [-0.05, 0) is 56.7 Å². The lowest BCUT2D eigenvalue weighted by Crippen LogP contribution is -2.18. The first-order valence-corrected chi connectivity index (χ1v) is 8.74. The molecule has 5 nitrogen and oxygen atoms in total. The summed E-state index contributed by atoms with van der Waals surface area (Å²) in [6.45, 7) is 5.88. The summed E-state index contributed by atoms with van der Waals surface area (Å²) in [6.07, 6.45) is 1.56. The number of azo groups is 1. The van der Waals surface area contributed by atoms with Gasteiger partial charge in [0, 0.05) is 19.6 Å². The highest BCUT2D eigenvalue weighted by Crippen LogP contribution is 2.21. The summed E-state index contributed by atoms with van der Waals surface area (Å²) in [7, 11) is 0. The van der Waals surface area contributed by atoms with Gasteiger partial charge in [0.2, 0.25) is 0 Å². The van der Waals surface area contributed by atoms with E-state index in [4.69, 9.17) is 14.2 Å². The average molecular weight is 342 g/mol. The van der Waals surface area contributed by atoms with Gasteiger partial charge in [0.05, 0.1) is 18.0 Å². The van der Waals surface area contributed by atoms with Crippen molar-refractivity contribution in [3.05, 3.63) is 54.6 Å². The molecule has 0 N–H and O–H groups in total. The highest BCUT2D eigenvalue weighted by molar-refractivity contribution is 5.42. The van der Waals surface area contributed by atoms with Gasteiger partial charge in [0.1, 0.15) is 5.75 Å². The third-order valence-corrected chi connectivity index (χ3v) is 3.43. The molecule has 0 unspecified atom stereocenters. The molecule has 0 spiro atoms. The van der Waals surface area contributed by atoms with Crippen molar-refractivity contribution in [1.82, 2.24) is 0 Å². The maximum absolute atomic E-state index is 5.75. The Morgan fingerprint density at radius 2 is 1.40 bits per heavy atom.